The highest BCUT2D eigenvalue weighted by molar-refractivity contribution is 7.13. The number of halogens is 1. The van der Waals surface area contributed by atoms with Crippen LogP contribution < -0.4 is 4.74 Å². The predicted octanol–water partition coefficient (Wildman–Crippen LogP) is 3.49. The minimum atomic E-state index is -0.194. The van der Waals surface area contributed by atoms with Crippen molar-refractivity contribution in [3.63, 3.8) is 0 Å². The van der Waals surface area contributed by atoms with Crippen molar-refractivity contribution in [1.82, 2.24) is 15.0 Å². The number of thiophene rings is 1. The summed E-state index contributed by atoms with van der Waals surface area (Å²) in [5.41, 5.74) is 0. The number of hydrogen-bond acceptors (Lipinski definition) is 6. The lowest BCUT2D eigenvalue weighted by Gasteiger charge is -2.15. The quantitative estimate of drug-likeness (QED) is 0.670. The lowest BCUT2D eigenvalue weighted by molar-refractivity contribution is -0.132. The molecule has 2 aromatic heterocycles. The van der Waals surface area contributed by atoms with Crippen molar-refractivity contribution < 1.29 is 14.1 Å². The molecule has 6 nitrogen and oxygen atoms in total. The highest BCUT2D eigenvalue weighted by Crippen LogP contribution is 2.21. The highest BCUT2D eigenvalue weighted by Gasteiger charge is 2.15. The van der Waals surface area contributed by atoms with Gasteiger partial charge in [0.1, 0.15) is 5.75 Å². The third kappa shape index (κ3) is 4.12. The second-order valence-corrected chi connectivity index (χ2v) is 6.37. The molecule has 0 fully saturated rings. The van der Waals surface area contributed by atoms with Crippen molar-refractivity contribution in [2.75, 3.05) is 13.7 Å². The smallest absolute Gasteiger partial charge is 0.260 e. The van der Waals surface area contributed by atoms with Gasteiger partial charge in [-0.05, 0) is 35.7 Å². The number of nitrogens with zero attached hydrogens (tertiary/aromatic N) is 3. The zero-order valence-electron chi connectivity index (χ0n) is 12.8. The lowest BCUT2D eigenvalue weighted by atomic mass is 10.3. The molecule has 0 bridgehead atoms. The van der Waals surface area contributed by atoms with E-state index in [-0.39, 0.29) is 19.1 Å². The van der Waals surface area contributed by atoms with E-state index in [0.717, 1.165) is 4.88 Å². The van der Waals surface area contributed by atoms with Crippen LogP contribution in [0.4, 0.5) is 0 Å². The fourth-order valence-electron chi connectivity index (χ4n) is 1.90. The molecule has 0 unspecified atom stereocenters. The van der Waals surface area contributed by atoms with E-state index in [1.165, 1.54) is 16.2 Å². The number of benzene rings is 1. The van der Waals surface area contributed by atoms with Crippen molar-refractivity contribution in [2.45, 2.75) is 6.54 Å². The average Bonchev–Trinajstić information content (AvgIpc) is 3.25. The van der Waals surface area contributed by atoms with Crippen molar-refractivity contribution >= 4 is 28.8 Å². The number of aromatic nitrogens is 2. The van der Waals surface area contributed by atoms with Gasteiger partial charge in [0.25, 0.3) is 5.91 Å². The van der Waals surface area contributed by atoms with Crippen LogP contribution in [-0.4, -0.2) is 34.6 Å². The molecule has 124 valence electrons. The average molecular weight is 364 g/mol. The van der Waals surface area contributed by atoms with Crippen molar-refractivity contribution in [3.05, 3.63) is 52.7 Å². The van der Waals surface area contributed by atoms with E-state index in [1.807, 2.05) is 17.5 Å². The largest absolute Gasteiger partial charge is 0.484 e. The summed E-state index contributed by atoms with van der Waals surface area (Å²) in [6.45, 7) is 0.144. The van der Waals surface area contributed by atoms with E-state index in [2.05, 4.69) is 10.1 Å². The van der Waals surface area contributed by atoms with Gasteiger partial charge >= 0.3 is 0 Å². The first-order chi connectivity index (χ1) is 11.6. The van der Waals surface area contributed by atoms with Crippen molar-refractivity contribution in [2.24, 2.45) is 0 Å². The van der Waals surface area contributed by atoms with Crippen molar-refractivity contribution in [3.8, 4) is 16.5 Å². The number of carbonyl (C=O) groups excluding carboxylic acids is 1. The number of amides is 1. The Balaban J connectivity index is 1.53. The number of rotatable bonds is 6. The Labute approximate surface area is 147 Å². The second kappa shape index (κ2) is 7.46. The molecule has 0 saturated heterocycles. The maximum absolute atomic E-state index is 12.1. The van der Waals surface area contributed by atoms with Crippen LogP contribution in [0.2, 0.25) is 5.02 Å². The fraction of sp³-hybridized carbons (Fsp3) is 0.188. The SMILES string of the molecule is CN(Cc1nc(-c2cccs2)no1)C(=O)COc1ccc(Cl)cc1. The van der Waals surface area contributed by atoms with Gasteiger partial charge in [-0.3, -0.25) is 4.79 Å². The first kappa shape index (κ1) is 16.5. The summed E-state index contributed by atoms with van der Waals surface area (Å²) in [5, 5.41) is 6.47. The Morgan fingerprint density at radius 3 is 2.83 bits per heavy atom. The molecule has 0 N–H and O–H groups in total. The van der Waals surface area contributed by atoms with Gasteiger partial charge < -0.3 is 14.2 Å². The first-order valence-electron chi connectivity index (χ1n) is 7.10. The summed E-state index contributed by atoms with van der Waals surface area (Å²) in [4.78, 5) is 18.8. The monoisotopic (exact) mass is 363 g/mol. The highest BCUT2D eigenvalue weighted by atomic mass is 35.5. The molecule has 8 heteroatoms. The van der Waals surface area contributed by atoms with E-state index in [0.29, 0.717) is 22.5 Å². The van der Waals surface area contributed by atoms with Gasteiger partial charge in [0.05, 0.1) is 11.4 Å². The predicted molar refractivity (Wildman–Crippen MR) is 91.0 cm³/mol. The molecule has 1 amide bonds. The van der Waals surface area contributed by atoms with Crippen LogP contribution in [0.25, 0.3) is 10.7 Å². The Bertz CT molecular complexity index is 802. The summed E-state index contributed by atoms with van der Waals surface area (Å²) in [7, 11) is 1.66. The zero-order chi connectivity index (χ0) is 16.9. The Kier molecular flexibility index (Phi) is 5.12. The third-order valence-corrected chi connectivity index (χ3v) is 4.30. The van der Waals surface area contributed by atoms with E-state index in [4.69, 9.17) is 20.9 Å². The van der Waals surface area contributed by atoms with Gasteiger partial charge in [-0.1, -0.05) is 22.8 Å². The Morgan fingerprint density at radius 2 is 2.12 bits per heavy atom. The van der Waals surface area contributed by atoms with E-state index in [9.17, 15) is 4.79 Å². The summed E-state index contributed by atoms with van der Waals surface area (Å²) in [6.07, 6.45) is 0. The zero-order valence-corrected chi connectivity index (χ0v) is 14.4. The Morgan fingerprint density at radius 1 is 1.33 bits per heavy atom. The van der Waals surface area contributed by atoms with Crippen LogP contribution in [0, 0.1) is 0 Å². The molecular formula is C16H14ClN3O3S. The summed E-state index contributed by atoms with van der Waals surface area (Å²) < 4.78 is 10.6. The van der Waals surface area contributed by atoms with Crippen LogP contribution in [0.5, 0.6) is 5.75 Å². The van der Waals surface area contributed by atoms with Crippen molar-refractivity contribution in [1.29, 1.82) is 0 Å². The summed E-state index contributed by atoms with van der Waals surface area (Å²) >= 11 is 7.33. The molecule has 0 atom stereocenters. The van der Waals surface area contributed by atoms with Crippen LogP contribution in [-0.2, 0) is 11.3 Å². The Hall–Kier alpha value is -2.38. The van der Waals surface area contributed by atoms with Gasteiger partial charge in [-0.2, -0.15) is 4.98 Å². The van der Waals surface area contributed by atoms with E-state index >= 15 is 0 Å². The number of carbonyl (C=O) groups is 1. The van der Waals surface area contributed by atoms with Gasteiger partial charge in [-0.15, -0.1) is 11.3 Å². The number of ether oxygens (including phenoxy) is 1. The fourth-order valence-corrected chi connectivity index (χ4v) is 2.68. The molecule has 0 aliphatic heterocycles. The third-order valence-electron chi connectivity index (χ3n) is 3.18. The molecule has 3 rings (SSSR count). The maximum atomic E-state index is 12.1. The van der Waals surface area contributed by atoms with Gasteiger partial charge in [0, 0.05) is 12.1 Å². The van der Waals surface area contributed by atoms with Crippen LogP contribution >= 0.6 is 22.9 Å². The van der Waals surface area contributed by atoms with E-state index in [1.54, 1.807) is 31.3 Å². The maximum Gasteiger partial charge on any atom is 0.260 e. The van der Waals surface area contributed by atoms with Gasteiger partial charge in [0.2, 0.25) is 11.7 Å². The second-order valence-electron chi connectivity index (χ2n) is 4.98. The number of hydrogen-bond donors (Lipinski definition) is 0. The van der Waals surface area contributed by atoms with Gasteiger partial charge in [-0.25, -0.2) is 0 Å². The van der Waals surface area contributed by atoms with Crippen LogP contribution in [0.15, 0.2) is 46.3 Å². The lowest BCUT2D eigenvalue weighted by Crippen LogP contribution is -2.31. The first-order valence-corrected chi connectivity index (χ1v) is 8.36. The molecule has 1 aromatic carbocycles. The van der Waals surface area contributed by atoms with E-state index < -0.39 is 0 Å². The summed E-state index contributed by atoms with van der Waals surface area (Å²) in [6, 6.07) is 10.7. The topological polar surface area (TPSA) is 68.5 Å². The molecule has 0 radical (unpaired) electrons. The normalized spacial score (nSPS) is 10.6. The molecule has 24 heavy (non-hydrogen) atoms. The molecule has 0 aliphatic carbocycles. The molecule has 2 heterocycles. The standard InChI is InChI=1S/C16H14ClN3O3S/c1-20(15(21)10-22-12-6-4-11(17)5-7-12)9-14-18-16(19-23-14)13-3-2-8-24-13/h2-8H,9-10H2,1H3. The minimum absolute atomic E-state index is 0.0793. The minimum Gasteiger partial charge on any atom is -0.484 e. The van der Waals surface area contributed by atoms with Crippen LogP contribution in [0.3, 0.4) is 0 Å². The molecule has 0 aliphatic rings. The summed E-state index contributed by atoms with van der Waals surface area (Å²) in [5.74, 6) is 1.29. The molecule has 0 saturated carbocycles. The molecular weight excluding hydrogens is 350 g/mol. The van der Waals surface area contributed by atoms with Gasteiger partial charge in [0.15, 0.2) is 6.61 Å². The van der Waals surface area contributed by atoms with Crippen LogP contribution in [0.1, 0.15) is 5.89 Å². The number of likely N-dealkylation sites (N-methyl/N-ethyl adjacent to an activating group) is 1. The molecule has 3 aromatic rings. The molecule has 0 spiro atoms.